The van der Waals surface area contributed by atoms with Crippen LogP contribution in [0.1, 0.15) is 42.5 Å². The van der Waals surface area contributed by atoms with Crippen LogP contribution in [0, 0.1) is 0 Å². The van der Waals surface area contributed by atoms with Gasteiger partial charge in [-0.15, -0.1) is 0 Å². The van der Waals surface area contributed by atoms with Gasteiger partial charge in [0.05, 0.1) is 13.5 Å². The Morgan fingerprint density at radius 3 is 2.48 bits per heavy atom. The molecule has 1 atom stereocenters. The Morgan fingerprint density at radius 2 is 1.79 bits per heavy atom. The first-order chi connectivity index (χ1) is 14.1. The van der Waals surface area contributed by atoms with Crippen LogP contribution >= 0.6 is 0 Å². The molecule has 8 nitrogen and oxygen atoms in total. The molecule has 2 aliphatic rings. The Hall–Kier alpha value is -2.61. The highest BCUT2D eigenvalue weighted by Gasteiger charge is 2.29. The zero-order valence-electron chi connectivity index (χ0n) is 17.0. The van der Waals surface area contributed by atoms with Crippen LogP contribution in [0.5, 0.6) is 0 Å². The van der Waals surface area contributed by atoms with Crippen LogP contribution < -0.4 is 10.6 Å². The highest BCUT2D eigenvalue weighted by atomic mass is 16.5. The van der Waals surface area contributed by atoms with Gasteiger partial charge in [-0.05, 0) is 63.0 Å². The molecule has 3 amide bonds. The molecule has 2 aliphatic heterocycles. The smallest absolute Gasteiger partial charge is 0.321 e. The molecule has 0 bridgehead atoms. The van der Waals surface area contributed by atoms with E-state index in [0.29, 0.717) is 17.3 Å². The van der Waals surface area contributed by atoms with Gasteiger partial charge >= 0.3 is 12.0 Å². The molecular weight excluding hydrogens is 372 g/mol. The molecule has 1 unspecified atom stereocenters. The van der Waals surface area contributed by atoms with Gasteiger partial charge < -0.3 is 20.3 Å². The molecule has 0 saturated carbocycles. The number of anilines is 1. The summed E-state index contributed by atoms with van der Waals surface area (Å²) in [7, 11) is 1.31. The lowest BCUT2D eigenvalue weighted by Crippen LogP contribution is -2.50. The van der Waals surface area contributed by atoms with Crippen molar-refractivity contribution in [3.63, 3.8) is 0 Å². The molecule has 0 aliphatic carbocycles. The van der Waals surface area contributed by atoms with Crippen LogP contribution in [0.2, 0.25) is 0 Å². The van der Waals surface area contributed by atoms with Crippen molar-refractivity contribution in [3.8, 4) is 0 Å². The first-order valence-electron chi connectivity index (χ1n) is 10.3. The van der Waals surface area contributed by atoms with Crippen molar-refractivity contribution in [2.24, 2.45) is 0 Å². The monoisotopic (exact) mass is 402 g/mol. The number of hydrogen-bond donors (Lipinski definition) is 2. The summed E-state index contributed by atoms with van der Waals surface area (Å²) in [4.78, 5) is 40.2. The Labute approximate surface area is 171 Å². The largest absolute Gasteiger partial charge is 0.469 e. The van der Waals surface area contributed by atoms with Gasteiger partial charge in [0.25, 0.3) is 5.91 Å². The summed E-state index contributed by atoms with van der Waals surface area (Å²) in [5.41, 5.74) is 1.13. The third-order valence-corrected chi connectivity index (χ3v) is 5.58. The molecular formula is C21H30N4O4. The van der Waals surface area contributed by atoms with Crippen LogP contribution in [0.25, 0.3) is 0 Å². The third kappa shape index (κ3) is 5.93. The van der Waals surface area contributed by atoms with Gasteiger partial charge in [0, 0.05) is 36.9 Å². The van der Waals surface area contributed by atoms with E-state index in [9.17, 15) is 14.4 Å². The summed E-state index contributed by atoms with van der Waals surface area (Å²) in [5, 5.41) is 5.60. The average molecular weight is 402 g/mol. The number of carbonyl (C=O) groups excluding carboxylic acids is 3. The minimum atomic E-state index is -0.368. The summed E-state index contributed by atoms with van der Waals surface area (Å²) in [6, 6.07) is 7.13. The second-order valence-corrected chi connectivity index (χ2v) is 7.57. The topological polar surface area (TPSA) is 91.0 Å². The van der Waals surface area contributed by atoms with E-state index in [2.05, 4.69) is 20.3 Å². The Balaban J connectivity index is 1.47. The van der Waals surface area contributed by atoms with Crippen molar-refractivity contribution in [3.05, 3.63) is 29.8 Å². The quantitative estimate of drug-likeness (QED) is 0.711. The SMILES string of the molecule is COC(=O)CCNC(=O)c1ccc(NC(=O)N2CCCC(N3CCCC3)C2)cc1. The summed E-state index contributed by atoms with van der Waals surface area (Å²) >= 11 is 0. The maximum atomic E-state index is 12.7. The number of carbonyl (C=O) groups is 3. The molecule has 1 aromatic carbocycles. The number of likely N-dealkylation sites (tertiary alicyclic amines) is 2. The molecule has 158 valence electrons. The fraction of sp³-hybridized carbons (Fsp3) is 0.571. The number of rotatable bonds is 6. The number of nitrogens with one attached hydrogen (secondary N) is 2. The summed E-state index contributed by atoms with van der Waals surface area (Å²) in [6.07, 6.45) is 4.82. The van der Waals surface area contributed by atoms with E-state index in [-0.39, 0.29) is 30.9 Å². The van der Waals surface area contributed by atoms with E-state index < -0.39 is 0 Å². The van der Waals surface area contributed by atoms with E-state index in [0.717, 1.165) is 39.0 Å². The predicted molar refractivity (Wildman–Crippen MR) is 110 cm³/mol. The summed E-state index contributed by atoms with van der Waals surface area (Å²) in [6.45, 7) is 4.05. The Morgan fingerprint density at radius 1 is 1.07 bits per heavy atom. The predicted octanol–water partition coefficient (Wildman–Crippen LogP) is 2.07. The summed E-state index contributed by atoms with van der Waals surface area (Å²) < 4.78 is 4.54. The lowest BCUT2D eigenvalue weighted by molar-refractivity contribution is -0.140. The molecule has 3 rings (SSSR count). The van der Waals surface area contributed by atoms with E-state index in [1.54, 1.807) is 24.3 Å². The highest BCUT2D eigenvalue weighted by molar-refractivity contribution is 5.95. The first kappa shape index (κ1) is 21.1. The number of hydrogen-bond acceptors (Lipinski definition) is 5. The number of methoxy groups -OCH3 is 1. The van der Waals surface area contributed by atoms with Gasteiger partial charge in [0.15, 0.2) is 0 Å². The zero-order valence-corrected chi connectivity index (χ0v) is 17.0. The van der Waals surface area contributed by atoms with Crippen molar-refractivity contribution >= 4 is 23.6 Å². The zero-order chi connectivity index (χ0) is 20.6. The van der Waals surface area contributed by atoms with Crippen molar-refractivity contribution in [1.82, 2.24) is 15.1 Å². The molecule has 8 heteroatoms. The second kappa shape index (κ2) is 10.2. The van der Waals surface area contributed by atoms with Gasteiger partial charge in [0.2, 0.25) is 0 Å². The van der Waals surface area contributed by atoms with Crippen molar-refractivity contribution in [2.75, 3.05) is 45.2 Å². The molecule has 2 fully saturated rings. The number of nitrogens with zero attached hydrogens (tertiary/aromatic N) is 2. The van der Waals surface area contributed by atoms with E-state index in [1.807, 2.05) is 4.90 Å². The van der Waals surface area contributed by atoms with Crippen molar-refractivity contribution < 1.29 is 19.1 Å². The Kier molecular flexibility index (Phi) is 7.46. The molecule has 0 spiro atoms. The minimum absolute atomic E-state index is 0.0934. The molecule has 2 N–H and O–H groups in total. The van der Waals surface area contributed by atoms with Crippen LogP contribution in [-0.4, -0.2) is 73.6 Å². The molecule has 0 aromatic heterocycles. The van der Waals surface area contributed by atoms with Crippen molar-refractivity contribution in [1.29, 1.82) is 0 Å². The van der Waals surface area contributed by atoms with Crippen molar-refractivity contribution in [2.45, 2.75) is 38.1 Å². The molecule has 1 aromatic rings. The normalized spacial score (nSPS) is 19.6. The number of benzene rings is 1. The number of amides is 3. The lowest BCUT2D eigenvalue weighted by atomic mass is 10.0. The second-order valence-electron chi connectivity index (χ2n) is 7.57. The number of urea groups is 1. The maximum Gasteiger partial charge on any atom is 0.321 e. The van der Waals surface area contributed by atoms with Crippen LogP contribution in [0.15, 0.2) is 24.3 Å². The van der Waals surface area contributed by atoms with E-state index in [1.165, 1.54) is 20.0 Å². The number of piperidine rings is 1. The van der Waals surface area contributed by atoms with Gasteiger partial charge in [-0.3, -0.25) is 14.5 Å². The van der Waals surface area contributed by atoms with Crippen LogP contribution in [0.4, 0.5) is 10.5 Å². The highest BCUT2D eigenvalue weighted by Crippen LogP contribution is 2.21. The summed E-state index contributed by atoms with van der Waals surface area (Å²) in [5.74, 6) is -0.635. The third-order valence-electron chi connectivity index (χ3n) is 5.58. The Bertz CT molecular complexity index is 716. The van der Waals surface area contributed by atoms with Gasteiger partial charge in [0.1, 0.15) is 0 Å². The van der Waals surface area contributed by atoms with Crippen LogP contribution in [-0.2, 0) is 9.53 Å². The van der Waals surface area contributed by atoms with Crippen LogP contribution in [0.3, 0.4) is 0 Å². The molecule has 2 saturated heterocycles. The maximum absolute atomic E-state index is 12.7. The van der Waals surface area contributed by atoms with Gasteiger partial charge in [-0.25, -0.2) is 4.79 Å². The minimum Gasteiger partial charge on any atom is -0.469 e. The number of esters is 1. The fourth-order valence-corrected chi connectivity index (χ4v) is 3.93. The molecule has 29 heavy (non-hydrogen) atoms. The fourth-order valence-electron chi connectivity index (χ4n) is 3.93. The molecule has 2 heterocycles. The van der Waals surface area contributed by atoms with Gasteiger partial charge in [-0.1, -0.05) is 0 Å². The van der Waals surface area contributed by atoms with E-state index in [4.69, 9.17) is 0 Å². The molecule has 0 radical (unpaired) electrons. The lowest BCUT2D eigenvalue weighted by Gasteiger charge is -2.37. The van der Waals surface area contributed by atoms with E-state index >= 15 is 0 Å². The first-order valence-corrected chi connectivity index (χ1v) is 10.3. The average Bonchev–Trinajstić information content (AvgIpc) is 3.29. The standard InChI is InChI=1S/C21H30N4O4/c1-29-19(26)10-11-22-20(27)16-6-8-17(9-7-16)23-21(28)25-14-4-5-18(15-25)24-12-2-3-13-24/h6-9,18H,2-5,10-15H2,1H3,(H,22,27)(H,23,28). The number of ether oxygens (including phenoxy) is 1. The van der Waals surface area contributed by atoms with Gasteiger partial charge in [-0.2, -0.15) is 0 Å².